The standard InChI is InChI=1S/C16H25N3O.HI/c1-2-17-16(18-11-10-14-8-9-14)19-12-13-20-15-6-4-3-5-7-15;/h3-7,14H,2,8-13H2,1H3,(H2,17,18,19);1H. The van der Waals surface area contributed by atoms with E-state index in [2.05, 4.69) is 22.5 Å². The molecule has 21 heavy (non-hydrogen) atoms. The van der Waals surface area contributed by atoms with Crippen LogP contribution in [0.2, 0.25) is 0 Å². The van der Waals surface area contributed by atoms with Gasteiger partial charge in [-0.3, -0.25) is 4.99 Å². The molecule has 5 heteroatoms. The van der Waals surface area contributed by atoms with Crippen molar-refractivity contribution < 1.29 is 4.74 Å². The zero-order valence-electron chi connectivity index (χ0n) is 12.7. The molecule has 0 aliphatic heterocycles. The van der Waals surface area contributed by atoms with Gasteiger partial charge in [-0.2, -0.15) is 0 Å². The first-order valence-electron chi connectivity index (χ1n) is 7.58. The molecular weight excluding hydrogens is 377 g/mol. The molecule has 0 saturated heterocycles. The van der Waals surface area contributed by atoms with Gasteiger partial charge in [0.15, 0.2) is 5.96 Å². The summed E-state index contributed by atoms with van der Waals surface area (Å²) in [4.78, 5) is 4.58. The largest absolute Gasteiger partial charge is 0.492 e. The molecule has 1 saturated carbocycles. The van der Waals surface area contributed by atoms with Crippen molar-refractivity contribution in [2.75, 3.05) is 26.2 Å². The van der Waals surface area contributed by atoms with Crippen LogP contribution in [0.1, 0.15) is 26.2 Å². The maximum atomic E-state index is 5.64. The lowest BCUT2D eigenvalue weighted by molar-refractivity contribution is 0.322. The van der Waals surface area contributed by atoms with E-state index in [4.69, 9.17) is 4.74 Å². The molecule has 0 spiro atoms. The summed E-state index contributed by atoms with van der Waals surface area (Å²) in [5, 5.41) is 6.56. The van der Waals surface area contributed by atoms with Crippen LogP contribution >= 0.6 is 24.0 Å². The molecule has 4 nitrogen and oxygen atoms in total. The number of aliphatic imine (C=N–C) groups is 1. The molecule has 1 aliphatic carbocycles. The number of hydrogen-bond acceptors (Lipinski definition) is 2. The predicted molar refractivity (Wildman–Crippen MR) is 98.7 cm³/mol. The van der Waals surface area contributed by atoms with Crippen LogP contribution in [0.25, 0.3) is 0 Å². The predicted octanol–water partition coefficient (Wildman–Crippen LogP) is 3.04. The van der Waals surface area contributed by atoms with E-state index in [-0.39, 0.29) is 24.0 Å². The minimum absolute atomic E-state index is 0. The highest BCUT2D eigenvalue weighted by Gasteiger charge is 2.20. The van der Waals surface area contributed by atoms with Gasteiger partial charge in [-0.25, -0.2) is 0 Å². The molecule has 0 heterocycles. The number of ether oxygens (including phenoxy) is 1. The summed E-state index contributed by atoms with van der Waals surface area (Å²) in [6.45, 7) is 5.27. The Labute approximate surface area is 144 Å². The molecule has 0 atom stereocenters. The van der Waals surface area contributed by atoms with E-state index in [1.807, 2.05) is 30.3 Å². The van der Waals surface area contributed by atoms with Gasteiger partial charge in [-0.15, -0.1) is 24.0 Å². The molecule has 2 N–H and O–H groups in total. The Bertz CT molecular complexity index is 407. The lowest BCUT2D eigenvalue weighted by Gasteiger charge is -2.12. The van der Waals surface area contributed by atoms with E-state index in [1.54, 1.807) is 0 Å². The van der Waals surface area contributed by atoms with Crippen molar-refractivity contribution in [3.63, 3.8) is 0 Å². The minimum Gasteiger partial charge on any atom is -0.492 e. The fourth-order valence-corrected chi connectivity index (χ4v) is 1.96. The SMILES string of the molecule is CCNC(=NCCC1CC1)NCCOc1ccccc1.I. The Morgan fingerprint density at radius 3 is 2.67 bits per heavy atom. The first-order valence-corrected chi connectivity index (χ1v) is 7.58. The van der Waals surface area contributed by atoms with Gasteiger partial charge in [-0.05, 0) is 31.4 Å². The number of halogens is 1. The number of rotatable bonds is 8. The van der Waals surface area contributed by atoms with E-state index in [0.717, 1.165) is 37.3 Å². The van der Waals surface area contributed by atoms with E-state index >= 15 is 0 Å². The summed E-state index contributed by atoms with van der Waals surface area (Å²) in [7, 11) is 0. The van der Waals surface area contributed by atoms with Crippen molar-refractivity contribution in [2.45, 2.75) is 26.2 Å². The van der Waals surface area contributed by atoms with Crippen LogP contribution in [0.4, 0.5) is 0 Å². The number of hydrogen-bond donors (Lipinski definition) is 2. The third-order valence-electron chi connectivity index (χ3n) is 3.25. The highest BCUT2D eigenvalue weighted by molar-refractivity contribution is 14.0. The maximum Gasteiger partial charge on any atom is 0.191 e. The van der Waals surface area contributed by atoms with E-state index in [0.29, 0.717) is 6.61 Å². The van der Waals surface area contributed by atoms with Crippen molar-refractivity contribution >= 4 is 29.9 Å². The van der Waals surface area contributed by atoms with Gasteiger partial charge in [0.05, 0.1) is 6.54 Å². The molecule has 1 aromatic carbocycles. The zero-order valence-corrected chi connectivity index (χ0v) is 15.0. The summed E-state index contributed by atoms with van der Waals surface area (Å²) < 4.78 is 5.64. The van der Waals surface area contributed by atoms with Crippen LogP contribution in [0.3, 0.4) is 0 Å². The van der Waals surface area contributed by atoms with Crippen molar-refractivity contribution in [1.82, 2.24) is 10.6 Å². The molecule has 1 aromatic rings. The smallest absolute Gasteiger partial charge is 0.191 e. The second-order valence-corrected chi connectivity index (χ2v) is 5.08. The Morgan fingerprint density at radius 2 is 2.00 bits per heavy atom. The minimum atomic E-state index is 0. The topological polar surface area (TPSA) is 45.7 Å². The Hall–Kier alpha value is -0.980. The van der Waals surface area contributed by atoms with Gasteiger partial charge in [0.25, 0.3) is 0 Å². The third-order valence-corrected chi connectivity index (χ3v) is 3.25. The molecule has 0 bridgehead atoms. The van der Waals surface area contributed by atoms with Crippen LogP contribution < -0.4 is 15.4 Å². The van der Waals surface area contributed by atoms with Gasteiger partial charge >= 0.3 is 0 Å². The third kappa shape index (κ3) is 8.14. The average Bonchev–Trinajstić information content (AvgIpc) is 3.29. The number of guanidine groups is 1. The van der Waals surface area contributed by atoms with Gasteiger partial charge in [0.1, 0.15) is 12.4 Å². The van der Waals surface area contributed by atoms with Crippen LogP contribution in [-0.2, 0) is 0 Å². The first-order chi connectivity index (χ1) is 9.88. The number of benzene rings is 1. The van der Waals surface area contributed by atoms with Crippen molar-refractivity contribution in [2.24, 2.45) is 10.9 Å². The monoisotopic (exact) mass is 403 g/mol. The fraction of sp³-hybridized carbons (Fsp3) is 0.562. The zero-order chi connectivity index (χ0) is 14.0. The van der Waals surface area contributed by atoms with E-state index in [1.165, 1.54) is 19.3 Å². The second kappa shape index (κ2) is 10.7. The van der Waals surface area contributed by atoms with Crippen LogP contribution in [0.5, 0.6) is 5.75 Å². The molecule has 2 rings (SSSR count). The summed E-state index contributed by atoms with van der Waals surface area (Å²) in [6.07, 6.45) is 4.01. The Balaban J connectivity index is 0.00000220. The summed E-state index contributed by atoms with van der Waals surface area (Å²) in [6, 6.07) is 9.88. The summed E-state index contributed by atoms with van der Waals surface area (Å²) in [5.41, 5.74) is 0. The quantitative estimate of drug-likeness (QED) is 0.304. The fourth-order valence-electron chi connectivity index (χ4n) is 1.96. The number of para-hydroxylation sites is 1. The molecule has 0 aromatic heterocycles. The lowest BCUT2D eigenvalue weighted by Crippen LogP contribution is -2.39. The van der Waals surface area contributed by atoms with Crippen LogP contribution in [-0.4, -0.2) is 32.2 Å². The second-order valence-electron chi connectivity index (χ2n) is 5.08. The number of nitrogens with one attached hydrogen (secondary N) is 2. The molecule has 118 valence electrons. The molecule has 0 unspecified atom stereocenters. The van der Waals surface area contributed by atoms with Gasteiger partial charge in [-0.1, -0.05) is 31.0 Å². The van der Waals surface area contributed by atoms with Crippen molar-refractivity contribution in [1.29, 1.82) is 0 Å². The van der Waals surface area contributed by atoms with Gasteiger partial charge < -0.3 is 15.4 Å². The van der Waals surface area contributed by atoms with Crippen molar-refractivity contribution in [3.8, 4) is 5.75 Å². The highest BCUT2D eigenvalue weighted by atomic mass is 127. The summed E-state index contributed by atoms with van der Waals surface area (Å²) in [5.74, 6) is 2.73. The maximum absolute atomic E-state index is 5.64. The Morgan fingerprint density at radius 1 is 1.24 bits per heavy atom. The number of nitrogens with zero attached hydrogens (tertiary/aromatic N) is 1. The lowest BCUT2D eigenvalue weighted by atomic mass is 10.3. The van der Waals surface area contributed by atoms with Crippen molar-refractivity contribution in [3.05, 3.63) is 30.3 Å². The molecule has 0 radical (unpaired) electrons. The summed E-state index contributed by atoms with van der Waals surface area (Å²) >= 11 is 0. The van der Waals surface area contributed by atoms with E-state index in [9.17, 15) is 0 Å². The molecule has 1 fully saturated rings. The van der Waals surface area contributed by atoms with Crippen LogP contribution in [0.15, 0.2) is 35.3 Å². The molecular formula is C16H26IN3O. The Kier molecular flexibility index (Phi) is 9.21. The average molecular weight is 403 g/mol. The molecule has 1 aliphatic rings. The highest BCUT2D eigenvalue weighted by Crippen LogP contribution is 2.32. The van der Waals surface area contributed by atoms with Gasteiger partial charge in [0.2, 0.25) is 0 Å². The normalized spacial score (nSPS) is 14.2. The van der Waals surface area contributed by atoms with Gasteiger partial charge in [0, 0.05) is 13.1 Å². The first kappa shape index (κ1) is 18.1. The van der Waals surface area contributed by atoms with Crippen LogP contribution in [0, 0.1) is 5.92 Å². The van der Waals surface area contributed by atoms with E-state index < -0.39 is 0 Å². The molecule has 0 amide bonds.